The highest BCUT2D eigenvalue weighted by Gasteiger charge is 2.59. The Morgan fingerprint density at radius 1 is 1.30 bits per heavy atom. The van der Waals surface area contributed by atoms with Gasteiger partial charge in [-0.3, -0.25) is 9.78 Å². The number of hydrogen-bond donors (Lipinski definition) is 1. The van der Waals surface area contributed by atoms with Gasteiger partial charge in [-0.1, -0.05) is 15.9 Å². The van der Waals surface area contributed by atoms with E-state index in [9.17, 15) is 4.79 Å². The molecule has 106 valence electrons. The van der Waals surface area contributed by atoms with E-state index in [0.29, 0.717) is 0 Å². The SMILES string of the molecule is O=C(Nc1cccnc1)C12CC3CC(CC(Br)(C3)C1)C2. The third-order valence-corrected chi connectivity index (χ3v) is 6.32. The molecule has 0 spiro atoms. The fourth-order valence-electron chi connectivity index (χ4n) is 5.12. The Labute approximate surface area is 127 Å². The highest BCUT2D eigenvalue weighted by Crippen LogP contribution is 2.64. The Hall–Kier alpha value is -0.900. The monoisotopic (exact) mass is 334 g/mol. The van der Waals surface area contributed by atoms with E-state index in [1.165, 1.54) is 19.3 Å². The molecule has 1 aromatic heterocycles. The quantitative estimate of drug-likeness (QED) is 0.837. The van der Waals surface area contributed by atoms with Crippen LogP contribution in [0.3, 0.4) is 0 Å². The Morgan fingerprint density at radius 3 is 2.65 bits per heavy atom. The topological polar surface area (TPSA) is 42.0 Å². The first-order chi connectivity index (χ1) is 9.57. The van der Waals surface area contributed by atoms with Gasteiger partial charge >= 0.3 is 0 Å². The van der Waals surface area contributed by atoms with Crippen molar-refractivity contribution in [3.8, 4) is 0 Å². The maximum absolute atomic E-state index is 12.8. The molecule has 1 amide bonds. The van der Waals surface area contributed by atoms with Crippen molar-refractivity contribution >= 4 is 27.5 Å². The number of carbonyl (C=O) groups excluding carboxylic acids is 1. The largest absolute Gasteiger partial charge is 0.324 e. The molecule has 4 bridgehead atoms. The minimum atomic E-state index is -0.149. The second-order valence-electron chi connectivity index (χ2n) is 7.09. The Morgan fingerprint density at radius 2 is 2.05 bits per heavy atom. The van der Waals surface area contributed by atoms with Crippen LogP contribution in [0.4, 0.5) is 5.69 Å². The zero-order chi connectivity index (χ0) is 13.8. The average molecular weight is 335 g/mol. The predicted octanol–water partition coefficient (Wildman–Crippen LogP) is 3.75. The molecule has 0 aliphatic heterocycles. The molecular formula is C16H19BrN2O. The van der Waals surface area contributed by atoms with Crippen LogP contribution in [0.2, 0.25) is 0 Å². The van der Waals surface area contributed by atoms with Crippen LogP contribution in [0.15, 0.2) is 24.5 Å². The second kappa shape index (κ2) is 4.30. The molecule has 0 radical (unpaired) electrons. The van der Waals surface area contributed by atoms with Gasteiger partial charge in [0.05, 0.1) is 17.3 Å². The summed E-state index contributed by atoms with van der Waals surface area (Å²) in [7, 11) is 0. The van der Waals surface area contributed by atoms with Crippen molar-refractivity contribution in [3.63, 3.8) is 0 Å². The number of hydrogen-bond acceptors (Lipinski definition) is 2. The van der Waals surface area contributed by atoms with Gasteiger partial charge in [-0.2, -0.15) is 0 Å². The van der Waals surface area contributed by atoms with E-state index in [-0.39, 0.29) is 15.6 Å². The third kappa shape index (κ3) is 2.00. The number of amides is 1. The number of aromatic nitrogens is 1. The molecule has 5 rings (SSSR count). The van der Waals surface area contributed by atoms with Gasteiger partial charge in [0, 0.05) is 10.5 Å². The summed E-state index contributed by atoms with van der Waals surface area (Å²) in [5.74, 6) is 1.67. The van der Waals surface area contributed by atoms with E-state index in [4.69, 9.17) is 0 Å². The fraction of sp³-hybridized carbons (Fsp3) is 0.625. The summed E-state index contributed by atoms with van der Waals surface area (Å²) in [6.07, 6.45) is 10.4. The van der Waals surface area contributed by atoms with Crippen molar-refractivity contribution in [1.29, 1.82) is 0 Å². The van der Waals surface area contributed by atoms with Crippen LogP contribution in [-0.2, 0) is 4.79 Å². The average Bonchev–Trinajstić information content (AvgIpc) is 2.37. The van der Waals surface area contributed by atoms with E-state index in [0.717, 1.165) is 36.8 Å². The van der Waals surface area contributed by atoms with Crippen molar-refractivity contribution in [2.45, 2.75) is 42.8 Å². The lowest BCUT2D eigenvalue weighted by Gasteiger charge is -2.59. The molecule has 0 saturated heterocycles. The van der Waals surface area contributed by atoms with Crippen molar-refractivity contribution in [3.05, 3.63) is 24.5 Å². The van der Waals surface area contributed by atoms with Gasteiger partial charge in [0.2, 0.25) is 5.91 Å². The summed E-state index contributed by atoms with van der Waals surface area (Å²) in [5.41, 5.74) is 0.667. The Balaban J connectivity index is 1.60. The standard InChI is InChI=1S/C16H19BrN2O/c17-16-7-11-4-12(8-16)6-15(5-11,10-16)14(20)19-13-2-1-3-18-9-13/h1-3,9,11-12H,4-8,10H2,(H,19,20). The summed E-state index contributed by atoms with van der Waals surface area (Å²) in [5, 5.41) is 3.09. The third-order valence-electron chi connectivity index (χ3n) is 5.39. The number of alkyl halides is 1. The van der Waals surface area contributed by atoms with Crippen LogP contribution in [-0.4, -0.2) is 15.2 Å². The number of nitrogens with zero attached hydrogens (tertiary/aromatic N) is 1. The molecule has 2 atom stereocenters. The number of nitrogens with one attached hydrogen (secondary N) is 1. The zero-order valence-electron chi connectivity index (χ0n) is 11.4. The maximum atomic E-state index is 12.8. The van der Waals surface area contributed by atoms with Gasteiger partial charge in [0.25, 0.3) is 0 Å². The van der Waals surface area contributed by atoms with Gasteiger partial charge in [0.15, 0.2) is 0 Å². The fourth-order valence-corrected chi connectivity index (χ4v) is 6.57. The number of pyridine rings is 1. The van der Waals surface area contributed by atoms with Gasteiger partial charge in [-0.25, -0.2) is 0 Å². The van der Waals surface area contributed by atoms with E-state index in [1.807, 2.05) is 12.1 Å². The van der Waals surface area contributed by atoms with E-state index in [2.05, 4.69) is 26.2 Å². The van der Waals surface area contributed by atoms with E-state index < -0.39 is 0 Å². The summed E-state index contributed by atoms with van der Waals surface area (Å²) < 4.78 is 0.226. The normalized spacial score (nSPS) is 41.6. The first-order valence-electron chi connectivity index (χ1n) is 7.47. The van der Waals surface area contributed by atoms with Crippen molar-refractivity contribution in [2.75, 3.05) is 5.32 Å². The summed E-state index contributed by atoms with van der Waals surface area (Å²) in [4.78, 5) is 16.9. The number of rotatable bonds is 2. The van der Waals surface area contributed by atoms with Crippen LogP contribution in [0, 0.1) is 17.3 Å². The Kier molecular flexibility index (Phi) is 2.75. The number of halogens is 1. The van der Waals surface area contributed by atoms with Gasteiger partial charge < -0.3 is 5.32 Å². The molecule has 1 N–H and O–H groups in total. The minimum absolute atomic E-state index is 0.149. The predicted molar refractivity (Wildman–Crippen MR) is 81.6 cm³/mol. The summed E-state index contributed by atoms with van der Waals surface area (Å²) in [6, 6.07) is 3.77. The van der Waals surface area contributed by atoms with Crippen LogP contribution in [0.1, 0.15) is 38.5 Å². The molecule has 0 aromatic carbocycles. The molecule has 4 aliphatic rings. The van der Waals surface area contributed by atoms with Crippen LogP contribution >= 0.6 is 15.9 Å². The lowest BCUT2D eigenvalue weighted by Crippen LogP contribution is -2.57. The first kappa shape index (κ1) is 12.8. The number of carbonyl (C=O) groups is 1. The van der Waals surface area contributed by atoms with Gasteiger partial charge in [-0.05, 0) is 62.5 Å². The maximum Gasteiger partial charge on any atom is 0.230 e. The van der Waals surface area contributed by atoms with E-state index in [1.54, 1.807) is 12.4 Å². The van der Waals surface area contributed by atoms with Gasteiger partial charge in [-0.15, -0.1) is 0 Å². The highest BCUT2D eigenvalue weighted by atomic mass is 79.9. The van der Waals surface area contributed by atoms with Crippen molar-refractivity contribution in [1.82, 2.24) is 4.98 Å². The van der Waals surface area contributed by atoms with Gasteiger partial charge in [0.1, 0.15) is 0 Å². The van der Waals surface area contributed by atoms with Crippen LogP contribution in [0.5, 0.6) is 0 Å². The highest BCUT2D eigenvalue weighted by molar-refractivity contribution is 9.10. The molecule has 4 heteroatoms. The summed E-state index contributed by atoms with van der Waals surface area (Å²) >= 11 is 3.95. The summed E-state index contributed by atoms with van der Waals surface area (Å²) in [6.45, 7) is 0. The lowest BCUT2D eigenvalue weighted by atomic mass is 9.49. The first-order valence-corrected chi connectivity index (χ1v) is 8.27. The van der Waals surface area contributed by atoms with Crippen molar-refractivity contribution in [2.24, 2.45) is 17.3 Å². The minimum Gasteiger partial charge on any atom is -0.324 e. The molecule has 1 heterocycles. The molecule has 3 nitrogen and oxygen atoms in total. The van der Waals surface area contributed by atoms with Crippen molar-refractivity contribution < 1.29 is 4.79 Å². The molecular weight excluding hydrogens is 316 g/mol. The smallest absolute Gasteiger partial charge is 0.230 e. The van der Waals surface area contributed by atoms with Crippen LogP contribution in [0.25, 0.3) is 0 Å². The molecule has 2 unspecified atom stereocenters. The molecule has 4 saturated carbocycles. The zero-order valence-corrected chi connectivity index (χ0v) is 13.0. The Bertz CT molecular complexity index is 531. The second-order valence-corrected chi connectivity index (χ2v) is 8.77. The lowest BCUT2D eigenvalue weighted by molar-refractivity contribution is -0.138. The van der Waals surface area contributed by atoms with Crippen LogP contribution < -0.4 is 5.32 Å². The molecule has 4 fully saturated rings. The van der Waals surface area contributed by atoms with E-state index >= 15 is 0 Å². The molecule has 1 aromatic rings. The molecule has 20 heavy (non-hydrogen) atoms. The molecule has 4 aliphatic carbocycles. The number of anilines is 1.